The molecule has 2 nitrogen and oxygen atoms in total. The van der Waals surface area contributed by atoms with Crippen LogP contribution in [0.15, 0.2) is 36.1 Å². The van der Waals surface area contributed by atoms with Gasteiger partial charge >= 0.3 is 0 Å². The van der Waals surface area contributed by atoms with Gasteiger partial charge in [0.2, 0.25) is 5.76 Å². The number of nitrogens with zero attached hydrogens (tertiary/aromatic N) is 1. The molecule has 0 radical (unpaired) electrons. The Labute approximate surface area is 97.2 Å². The number of allylic oxidation sites excluding steroid dienone is 2. The lowest BCUT2D eigenvalue weighted by molar-refractivity contribution is 0.0626. The van der Waals surface area contributed by atoms with Crippen LogP contribution in [0.5, 0.6) is 0 Å². The molecule has 0 aliphatic heterocycles. The Bertz CT molecular complexity index is 418. The highest BCUT2D eigenvalue weighted by Crippen LogP contribution is 2.22. The van der Waals surface area contributed by atoms with Crippen LogP contribution in [0.4, 0.5) is 0 Å². The van der Waals surface area contributed by atoms with Gasteiger partial charge in [-0.1, -0.05) is 30.3 Å². The molecule has 0 amide bonds. The molecular formula is C14H17NO. The summed E-state index contributed by atoms with van der Waals surface area (Å²) in [7, 11) is 0. The van der Waals surface area contributed by atoms with Gasteiger partial charge in [-0.2, -0.15) is 5.26 Å². The first-order valence-corrected chi connectivity index (χ1v) is 5.29. The Morgan fingerprint density at radius 2 is 1.75 bits per heavy atom. The van der Waals surface area contributed by atoms with E-state index in [1.807, 2.05) is 58.0 Å². The van der Waals surface area contributed by atoms with E-state index >= 15 is 0 Å². The first kappa shape index (κ1) is 12.3. The van der Waals surface area contributed by atoms with Gasteiger partial charge in [-0.05, 0) is 33.3 Å². The summed E-state index contributed by atoms with van der Waals surface area (Å²) >= 11 is 0. The molecule has 2 heteroatoms. The molecule has 0 saturated carbocycles. The number of ether oxygens (including phenoxy) is 1. The summed E-state index contributed by atoms with van der Waals surface area (Å²) in [5.74, 6) is 0.388. The Hall–Kier alpha value is -1.75. The average molecular weight is 215 g/mol. The average Bonchev–Trinajstić information content (AvgIpc) is 2.25. The lowest BCUT2D eigenvalue weighted by Crippen LogP contribution is -2.18. The summed E-state index contributed by atoms with van der Waals surface area (Å²) in [6.45, 7) is 7.70. The van der Waals surface area contributed by atoms with Gasteiger partial charge in [-0.15, -0.1) is 0 Å². The minimum Gasteiger partial charge on any atom is -0.478 e. The molecule has 0 fully saturated rings. The van der Waals surface area contributed by atoms with Crippen LogP contribution >= 0.6 is 0 Å². The number of hydrogen-bond donors (Lipinski definition) is 0. The van der Waals surface area contributed by atoms with Crippen molar-refractivity contribution in [3.8, 4) is 6.07 Å². The zero-order chi connectivity index (χ0) is 12.2. The smallest absolute Gasteiger partial charge is 0.201 e. The normalized spacial score (nSPS) is 12.7. The molecule has 16 heavy (non-hydrogen) atoms. The SMILES string of the molecule is CC(=C(C#N)OC(C)(C)C)c1ccccc1. The Morgan fingerprint density at radius 1 is 1.19 bits per heavy atom. The summed E-state index contributed by atoms with van der Waals surface area (Å²) in [6, 6.07) is 11.9. The molecular weight excluding hydrogens is 198 g/mol. The number of rotatable bonds is 2. The van der Waals surface area contributed by atoms with E-state index in [1.54, 1.807) is 0 Å². The summed E-state index contributed by atoms with van der Waals surface area (Å²) in [5.41, 5.74) is 1.54. The third-order valence-electron chi connectivity index (χ3n) is 2.06. The van der Waals surface area contributed by atoms with E-state index in [9.17, 15) is 0 Å². The largest absolute Gasteiger partial charge is 0.478 e. The van der Waals surface area contributed by atoms with Crippen molar-refractivity contribution in [1.82, 2.24) is 0 Å². The minimum atomic E-state index is -0.346. The highest BCUT2D eigenvalue weighted by molar-refractivity contribution is 5.68. The van der Waals surface area contributed by atoms with Crippen molar-refractivity contribution in [2.24, 2.45) is 0 Å². The second-order valence-corrected chi connectivity index (χ2v) is 4.65. The Balaban J connectivity index is 3.07. The standard InChI is InChI=1S/C14H17NO/c1-11(12-8-6-5-7-9-12)13(10-15)16-14(2,3)4/h5-9H,1-4H3. The summed E-state index contributed by atoms with van der Waals surface area (Å²) in [5, 5.41) is 9.09. The van der Waals surface area contributed by atoms with Crippen LogP contribution in [-0.4, -0.2) is 5.60 Å². The lowest BCUT2D eigenvalue weighted by Gasteiger charge is -2.21. The molecule has 84 valence electrons. The summed E-state index contributed by atoms with van der Waals surface area (Å²) < 4.78 is 5.62. The summed E-state index contributed by atoms with van der Waals surface area (Å²) in [4.78, 5) is 0. The van der Waals surface area contributed by atoms with Gasteiger partial charge in [0.25, 0.3) is 0 Å². The molecule has 0 aliphatic carbocycles. The van der Waals surface area contributed by atoms with E-state index in [0.717, 1.165) is 11.1 Å². The van der Waals surface area contributed by atoms with Gasteiger partial charge in [0.05, 0.1) is 0 Å². The first-order chi connectivity index (χ1) is 7.44. The molecule has 0 unspecified atom stereocenters. The van der Waals surface area contributed by atoms with Gasteiger partial charge in [0, 0.05) is 5.57 Å². The van der Waals surface area contributed by atoms with Crippen molar-refractivity contribution in [2.75, 3.05) is 0 Å². The van der Waals surface area contributed by atoms with Gasteiger partial charge in [0.1, 0.15) is 11.7 Å². The fourth-order valence-corrected chi connectivity index (χ4v) is 1.31. The monoisotopic (exact) mass is 215 g/mol. The predicted molar refractivity (Wildman–Crippen MR) is 65.5 cm³/mol. The van der Waals surface area contributed by atoms with Crippen LogP contribution < -0.4 is 0 Å². The van der Waals surface area contributed by atoms with Crippen LogP contribution in [0.2, 0.25) is 0 Å². The zero-order valence-corrected chi connectivity index (χ0v) is 10.2. The third kappa shape index (κ3) is 3.43. The Kier molecular flexibility index (Phi) is 3.73. The molecule has 0 spiro atoms. The molecule has 0 aliphatic rings. The molecule has 1 aromatic rings. The number of benzene rings is 1. The molecule has 0 bridgehead atoms. The minimum absolute atomic E-state index is 0.346. The van der Waals surface area contributed by atoms with Crippen molar-refractivity contribution >= 4 is 5.57 Å². The van der Waals surface area contributed by atoms with Crippen LogP contribution in [-0.2, 0) is 4.74 Å². The van der Waals surface area contributed by atoms with E-state index in [1.165, 1.54) is 0 Å². The van der Waals surface area contributed by atoms with Crippen LogP contribution in [0, 0.1) is 11.3 Å². The zero-order valence-electron chi connectivity index (χ0n) is 10.2. The molecule has 0 heterocycles. The fraction of sp³-hybridized carbons (Fsp3) is 0.357. The van der Waals surface area contributed by atoms with Gasteiger partial charge in [0.15, 0.2) is 0 Å². The Morgan fingerprint density at radius 3 is 2.19 bits per heavy atom. The van der Waals surface area contributed by atoms with E-state index in [4.69, 9.17) is 10.00 Å². The van der Waals surface area contributed by atoms with Crippen molar-refractivity contribution in [3.05, 3.63) is 41.7 Å². The molecule has 0 saturated heterocycles. The van der Waals surface area contributed by atoms with Gasteiger partial charge < -0.3 is 4.74 Å². The predicted octanol–water partition coefficient (Wildman–Crippen LogP) is 3.76. The van der Waals surface area contributed by atoms with Crippen molar-refractivity contribution in [1.29, 1.82) is 5.26 Å². The third-order valence-corrected chi connectivity index (χ3v) is 2.06. The van der Waals surface area contributed by atoms with E-state index in [0.29, 0.717) is 5.76 Å². The topological polar surface area (TPSA) is 33.0 Å². The van der Waals surface area contributed by atoms with Crippen LogP contribution in [0.25, 0.3) is 5.57 Å². The van der Waals surface area contributed by atoms with E-state index < -0.39 is 0 Å². The molecule has 1 aromatic carbocycles. The second-order valence-electron chi connectivity index (χ2n) is 4.65. The maximum Gasteiger partial charge on any atom is 0.201 e. The second kappa shape index (κ2) is 4.85. The fourth-order valence-electron chi connectivity index (χ4n) is 1.31. The van der Waals surface area contributed by atoms with Crippen LogP contribution in [0.1, 0.15) is 33.3 Å². The number of hydrogen-bond acceptors (Lipinski definition) is 2. The summed E-state index contributed by atoms with van der Waals surface area (Å²) in [6.07, 6.45) is 0. The highest BCUT2D eigenvalue weighted by atomic mass is 16.5. The molecule has 0 atom stereocenters. The number of nitriles is 1. The lowest BCUT2D eigenvalue weighted by atomic mass is 10.1. The van der Waals surface area contributed by atoms with Crippen LogP contribution in [0.3, 0.4) is 0 Å². The van der Waals surface area contributed by atoms with E-state index in [-0.39, 0.29) is 5.60 Å². The highest BCUT2D eigenvalue weighted by Gasteiger charge is 2.15. The maximum absolute atomic E-state index is 9.09. The van der Waals surface area contributed by atoms with Gasteiger partial charge in [-0.3, -0.25) is 0 Å². The van der Waals surface area contributed by atoms with Crippen molar-refractivity contribution in [3.63, 3.8) is 0 Å². The molecule has 0 N–H and O–H groups in total. The maximum atomic E-state index is 9.09. The van der Waals surface area contributed by atoms with Crippen molar-refractivity contribution in [2.45, 2.75) is 33.3 Å². The first-order valence-electron chi connectivity index (χ1n) is 5.29. The van der Waals surface area contributed by atoms with Crippen molar-refractivity contribution < 1.29 is 4.74 Å². The molecule has 1 rings (SSSR count). The quantitative estimate of drug-likeness (QED) is 0.556. The molecule has 0 aromatic heterocycles. The van der Waals surface area contributed by atoms with Gasteiger partial charge in [-0.25, -0.2) is 0 Å². The van der Waals surface area contributed by atoms with E-state index in [2.05, 4.69) is 6.07 Å².